The van der Waals surface area contributed by atoms with Crippen LogP contribution in [0.4, 0.5) is 11.9 Å². The number of hydrogen-bond acceptors (Lipinski definition) is 7. The molecule has 7 heteroatoms. The molecule has 3 N–H and O–H groups in total. The Morgan fingerprint density at radius 1 is 1.47 bits per heavy atom. The Morgan fingerprint density at radius 3 is 2.94 bits per heavy atom. The number of anilines is 2. The zero-order valence-electron chi connectivity index (χ0n) is 10.0. The van der Waals surface area contributed by atoms with Crippen LogP contribution in [-0.4, -0.2) is 40.3 Å². The van der Waals surface area contributed by atoms with E-state index in [9.17, 15) is 0 Å². The second-order valence-corrected chi connectivity index (χ2v) is 3.85. The van der Waals surface area contributed by atoms with Crippen molar-refractivity contribution >= 4 is 11.9 Å². The van der Waals surface area contributed by atoms with E-state index in [-0.39, 0.29) is 24.1 Å². The first-order valence-corrected chi connectivity index (χ1v) is 5.71. The third kappa shape index (κ3) is 2.94. The van der Waals surface area contributed by atoms with Gasteiger partial charge in [0.2, 0.25) is 11.9 Å². The Labute approximate surface area is 99.8 Å². The Bertz CT molecular complexity index is 387. The molecule has 0 saturated carbocycles. The molecular formula is C10H17N5O2. The number of hydrogen-bond donors (Lipinski definition) is 2. The third-order valence-electron chi connectivity index (χ3n) is 2.60. The van der Waals surface area contributed by atoms with E-state index in [2.05, 4.69) is 20.3 Å². The molecule has 94 valence electrons. The summed E-state index contributed by atoms with van der Waals surface area (Å²) in [7, 11) is 0. The number of nitrogens with one attached hydrogen (secondary N) is 1. The van der Waals surface area contributed by atoms with Crippen molar-refractivity contribution in [3.05, 3.63) is 0 Å². The van der Waals surface area contributed by atoms with E-state index in [1.165, 1.54) is 0 Å². The van der Waals surface area contributed by atoms with Crippen LogP contribution in [-0.2, 0) is 4.74 Å². The summed E-state index contributed by atoms with van der Waals surface area (Å²) in [4.78, 5) is 12.0. The molecule has 1 saturated heterocycles. The average Bonchev–Trinajstić information content (AvgIpc) is 2.64. The highest BCUT2D eigenvalue weighted by atomic mass is 16.5. The second-order valence-electron chi connectivity index (χ2n) is 3.85. The van der Waals surface area contributed by atoms with Crippen molar-refractivity contribution < 1.29 is 9.47 Å². The van der Waals surface area contributed by atoms with Gasteiger partial charge in [0.25, 0.3) is 0 Å². The van der Waals surface area contributed by atoms with Crippen molar-refractivity contribution in [1.29, 1.82) is 0 Å². The first-order valence-electron chi connectivity index (χ1n) is 5.71. The minimum atomic E-state index is 0.142. The minimum Gasteiger partial charge on any atom is -0.464 e. The van der Waals surface area contributed by atoms with E-state index in [4.69, 9.17) is 15.2 Å². The fraction of sp³-hybridized carbons (Fsp3) is 0.700. The van der Waals surface area contributed by atoms with Crippen molar-refractivity contribution in [1.82, 2.24) is 15.0 Å². The molecule has 1 aliphatic rings. The van der Waals surface area contributed by atoms with E-state index in [0.717, 1.165) is 13.0 Å². The molecule has 0 aliphatic carbocycles. The third-order valence-corrected chi connectivity index (χ3v) is 2.60. The van der Waals surface area contributed by atoms with Crippen molar-refractivity contribution in [2.24, 2.45) is 0 Å². The predicted octanol–water partition coefficient (Wildman–Crippen LogP) is 0.442. The van der Waals surface area contributed by atoms with E-state index >= 15 is 0 Å². The molecule has 0 aromatic carbocycles. The fourth-order valence-corrected chi connectivity index (χ4v) is 1.72. The van der Waals surface area contributed by atoms with Gasteiger partial charge in [0.05, 0.1) is 18.8 Å². The van der Waals surface area contributed by atoms with Crippen LogP contribution in [0.5, 0.6) is 6.01 Å². The van der Waals surface area contributed by atoms with Gasteiger partial charge >= 0.3 is 6.01 Å². The SMILES string of the molecule is CCOc1nc(N)nc(NC2CCOC2C)n1. The molecule has 2 heterocycles. The Morgan fingerprint density at radius 2 is 2.29 bits per heavy atom. The number of rotatable bonds is 4. The van der Waals surface area contributed by atoms with Crippen LogP contribution >= 0.6 is 0 Å². The summed E-state index contributed by atoms with van der Waals surface area (Å²) >= 11 is 0. The summed E-state index contributed by atoms with van der Waals surface area (Å²) in [5.74, 6) is 0.584. The first kappa shape index (κ1) is 11.8. The van der Waals surface area contributed by atoms with E-state index in [0.29, 0.717) is 12.6 Å². The largest absolute Gasteiger partial charge is 0.464 e. The molecule has 2 rings (SSSR count). The number of nitrogens with zero attached hydrogens (tertiary/aromatic N) is 3. The molecule has 2 unspecified atom stereocenters. The molecule has 17 heavy (non-hydrogen) atoms. The van der Waals surface area contributed by atoms with Crippen molar-refractivity contribution in [2.45, 2.75) is 32.4 Å². The summed E-state index contributed by atoms with van der Waals surface area (Å²) in [6, 6.07) is 0.445. The summed E-state index contributed by atoms with van der Waals surface area (Å²) in [5, 5.41) is 3.18. The van der Waals surface area contributed by atoms with E-state index in [1.54, 1.807) is 0 Å². The van der Waals surface area contributed by atoms with E-state index in [1.807, 2.05) is 13.8 Å². The number of ether oxygens (including phenoxy) is 2. The topological polar surface area (TPSA) is 95.2 Å². The lowest BCUT2D eigenvalue weighted by molar-refractivity contribution is 0.121. The molecule has 0 amide bonds. The zero-order chi connectivity index (χ0) is 12.3. The molecule has 1 aromatic rings. The maximum absolute atomic E-state index is 5.59. The van der Waals surface area contributed by atoms with Gasteiger partial charge in [-0.3, -0.25) is 0 Å². The molecule has 0 bridgehead atoms. The zero-order valence-corrected chi connectivity index (χ0v) is 10.0. The van der Waals surface area contributed by atoms with Gasteiger partial charge in [0.1, 0.15) is 0 Å². The van der Waals surface area contributed by atoms with Crippen LogP contribution in [0.1, 0.15) is 20.3 Å². The molecule has 2 atom stereocenters. The Kier molecular flexibility index (Phi) is 3.58. The lowest BCUT2D eigenvalue weighted by atomic mass is 10.2. The van der Waals surface area contributed by atoms with Crippen LogP contribution in [0.2, 0.25) is 0 Å². The summed E-state index contributed by atoms with van der Waals surface area (Å²) in [6.07, 6.45) is 1.07. The van der Waals surface area contributed by atoms with Gasteiger partial charge in [-0.05, 0) is 20.3 Å². The molecule has 1 fully saturated rings. The van der Waals surface area contributed by atoms with Gasteiger partial charge in [-0.1, -0.05) is 0 Å². The van der Waals surface area contributed by atoms with Crippen LogP contribution in [0.3, 0.4) is 0 Å². The maximum Gasteiger partial charge on any atom is 0.323 e. The highest BCUT2D eigenvalue weighted by molar-refractivity contribution is 5.34. The maximum atomic E-state index is 5.59. The lowest BCUT2D eigenvalue weighted by Crippen LogP contribution is -2.28. The molecule has 1 aliphatic heterocycles. The van der Waals surface area contributed by atoms with Gasteiger partial charge in [-0.2, -0.15) is 15.0 Å². The van der Waals surface area contributed by atoms with Crippen LogP contribution in [0.15, 0.2) is 0 Å². The van der Waals surface area contributed by atoms with Crippen molar-refractivity contribution in [2.75, 3.05) is 24.3 Å². The summed E-state index contributed by atoms with van der Waals surface area (Å²) < 4.78 is 10.7. The van der Waals surface area contributed by atoms with E-state index < -0.39 is 0 Å². The molecular weight excluding hydrogens is 222 g/mol. The predicted molar refractivity (Wildman–Crippen MR) is 62.9 cm³/mol. The molecule has 0 radical (unpaired) electrons. The standard InChI is InChI=1S/C10H17N5O2/c1-3-16-10-14-8(11)13-9(15-10)12-7-4-5-17-6(7)2/h6-7H,3-5H2,1-2H3,(H3,11,12,13,14,15). The highest BCUT2D eigenvalue weighted by Crippen LogP contribution is 2.18. The van der Waals surface area contributed by atoms with Gasteiger partial charge in [0.15, 0.2) is 0 Å². The normalized spacial score (nSPS) is 23.6. The summed E-state index contributed by atoms with van der Waals surface area (Å²) in [6.45, 7) is 5.11. The monoisotopic (exact) mass is 239 g/mol. The minimum absolute atomic E-state index is 0.142. The van der Waals surface area contributed by atoms with Gasteiger partial charge in [-0.25, -0.2) is 0 Å². The number of nitrogen functional groups attached to an aromatic ring is 1. The van der Waals surface area contributed by atoms with Crippen molar-refractivity contribution in [3.8, 4) is 6.01 Å². The van der Waals surface area contributed by atoms with Crippen LogP contribution in [0, 0.1) is 0 Å². The highest BCUT2D eigenvalue weighted by Gasteiger charge is 2.25. The number of aromatic nitrogens is 3. The molecule has 0 spiro atoms. The van der Waals surface area contributed by atoms with Gasteiger partial charge < -0.3 is 20.5 Å². The Balaban J connectivity index is 2.09. The molecule has 1 aromatic heterocycles. The lowest BCUT2D eigenvalue weighted by Gasteiger charge is -2.16. The fourth-order valence-electron chi connectivity index (χ4n) is 1.72. The van der Waals surface area contributed by atoms with Crippen LogP contribution in [0.25, 0.3) is 0 Å². The van der Waals surface area contributed by atoms with Gasteiger partial charge in [0, 0.05) is 6.61 Å². The van der Waals surface area contributed by atoms with Crippen molar-refractivity contribution in [3.63, 3.8) is 0 Å². The van der Waals surface area contributed by atoms with Crippen LogP contribution < -0.4 is 15.8 Å². The second kappa shape index (κ2) is 5.13. The van der Waals surface area contributed by atoms with Gasteiger partial charge in [-0.15, -0.1) is 0 Å². The smallest absolute Gasteiger partial charge is 0.323 e. The average molecular weight is 239 g/mol. The quantitative estimate of drug-likeness (QED) is 0.787. The summed E-state index contributed by atoms with van der Waals surface area (Å²) in [5.41, 5.74) is 5.59. The number of nitrogens with two attached hydrogens (primary N) is 1. The first-order chi connectivity index (χ1) is 8.19. The Hall–Kier alpha value is -1.63. The molecule has 7 nitrogen and oxygen atoms in total.